The Hall–Kier alpha value is -2.05. The van der Waals surface area contributed by atoms with Crippen LogP contribution in [0.2, 0.25) is 18.1 Å². The number of pyridine rings is 1. The summed E-state index contributed by atoms with van der Waals surface area (Å²) < 4.78 is 20.3. The lowest BCUT2D eigenvalue weighted by atomic mass is 10.1. The molecule has 0 bridgehead atoms. The highest BCUT2D eigenvalue weighted by molar-refractivity contribution is 6.74. The van der Waals surface area contributed by atoms with E-state index in [0.717, 1.165) is 11.8 Å². The second-order valence-electron chi connectivity index (χ2n) is 8.18. The zero-order valence-electron chi connectivity index (χ0n) is 16.8. The van der Waals surface area contributed by atoms with E-state index >= 15 is 0 Å². The first kappa shape index (κ1) is 21.2. The van der Waals surface area contributed by atoms with Gasteiger partial charge in [0, 0.05) is 19.3 Å². The number of hydrogen-bond acceptors (Lipinski definition) is 3. The SMILES string of the molecule is CC(C)(C)[Si](C)(C)OCCN(Cc1ccccc1)C(=O)c1ccncc1F. The molecule has 146 valence electrons. The quantitative estimate of drug-likeness (QED) is 0.635. The van der Waals surface area contributed by atoms with E-state index in [1.54, 1.807) is 4.90 Å². The van der Waals surface area contributed by atoms with Crippen LogP contribution in [-0.4, -0.2) is 37.3 Å². The molecule has 0 aliphatic rings. The summed E-state index contributed by atoms with van der Waals surface area (Å²) in [4.78, 5) is 18.3. The predicted octanol–water partition coefficient (Wildman–Crippen LogP) is 4.88. The van der Waals surface area contributed by atoms with E-state index in [1.807, 2.05) is 30.3 Å². The van der Waals surface area contributed by atoms with Crippen molar-refractivity contribution in [3.05, 3.63) is 65.7 Å². The van der Waals surface area contributed by atoms with Gasteiger partial charge in [0.05, 0.1) is 18.4 Å². The molecule has 0 fully saturated rings. The number of benzene rings is 1. The van der Waals surface area contributed by atoms with E-state index < -0.39 is 14.1 Å². The Bertz CT molecular complexity index is 760. The van der Waals surface area contributed by atoms with E-state index in [-0.39, 0.29) is 16.5 Å². The number of nitrogens with zero attached hydrogens (tertiary/aromatic N) is 2. The van der Waals surface area contributed by atoms with Crippen LogP contribution in [0.4, 0.5) is 4.39 Å². The molecular weight excluding hydrogens is 359 g/mol. The zero-order valence-corrected chi connectivity index (χ0v) is 17.8. The summed E-state index contributed by atoms with van der Waals surface area (Å²) in [5, 5.41) is 0.0957. The molecular formula is C21H29FN2O2Si. The maximum Gasteiger partial charge on any atom is 0.257 e. The third kappa shape index (κ3) is 5.71. The first-order valence-corrected chi connectivity index (χ1v) is 12.1. The van der Waals surface area contributed by atoms with Crippen LogP contribution in [0.1, 0.15) is 36.7 Å². The minimum atomic E-state index is -1.91. The van der Waals surface area contributed by atoms with Gasteiger partial charge in [-0.3, -0.25) is 9.78 Å². The van der Waals surface area contributed by atoms with Gasteiger partial charge in [0.25, 0.3) is 5.91 Å². The number of amides is 1. The summed E-state index contributed by atoms with van der Waals surface area (Å²) in [7, 11) is -1.91. The van der Waals surface area contributed by atoms with Crippen molar-refractivity contribution in [1.82, 2.24) is 9.88 Å². The lowest BCUT2D eigenvalue weighted by Gasteiger charge is -2.37. The molecule has 0 aliphatic heterocycles. The Morgan fingerprint density at radius 1 is 1.19 bits per heavy atom. The highest BCUT2D eigenvalue weighted by Gasteiger charge is 2.37. The molecule has 27 heavy (non-hydrogen) atoms. The monoisotopic (exact) mass is 388 g/mol. The molecule has 4 nitrogen and oxygen atoms in total. The number of hydrogen-bond donors (Lipinski definition) is 0. The minimum Gasteiger partial charge on any atom is -0.415 e. The molecule has 0 radical (unpaired) electrons. The van der Waals surface area contributed by atoms with E-state index in [4.69, 9.17) is 4.43 Å². The average molecular weight is 389 g/mol. The highest BCUT2D eigenvalue weighted by atomic mass is 28.4. The van der Waals surface area contributed by atoms with Crippen LogP contribution in [0.25, 0.3) is 0 Å². The van der Waals surface area contributed by atoms with Crippen LogP contribution >= 0.6 is 0 Å². The van der Waals surface area contributed by atoms with Crippen LogP contribution in [-0.2, 0) is 11.0 Å². The summed E-state index contributed by atoms with van der Waals surface area (Å²) in [6.45, 7) is 12.1. The van der Waals surface area contributed by atoms with Crippen molar-refractivity contribution in [2.75, 3.05) is 13.2 Å². The Morgan fingerprint density at radius 3 is 2.44 bits per heavy atom. The molecule has 0 spiro atoms. The number of aromatic nitrogens is 1. The minimum absolute atomic E-state index is 0.0354. The first-order chi connectivity index (χ1) is 12.6. The van der Waals surface area contributed by atoms with Crippen LogP contribution in [0.15, 0.2) is 48.8 Å². The molecule has 0 saturated carbocycles. The van der Waals surface area contributed by atoms with E-state index in [2.05, 4.69) is 38.8 Å². The molecule has 0 unspecified atom stereocenters. The van der Waals surface area contributed by atoms with Gasteiger partial charge in [-0.2, -0.15) is 0 Å². The van der Waals surface area contributed by atoms with Crippen LogP contribution in [0.3, 0.4) is 0 Å². The molecule has 6 heteroatoms. The molecule has 1 aromatic carbocycles. The van der Waals surface area contributed by atoms with Gasteiger partial charge < -0.3 is 9.33 Å². The lowest BCUT2D eigenvalue weighted by molar-refractivity contribution is 0.0706. The largest absolute Gasteiger partial charge is 0.415 e. The number of carbonyl (C=O) groups excluding carboxylic acids is 1. The van der Waals surface area contributed by atoms with Crippen molar-refractivity contribution in [2.24, 2.45) is 0 Å². The van der Waals surface area contributed by atoms with Gasteiger partial charge in [-0.1, -0.05) is 51.1 Å². The van der Waals surface area contributed by atoms with Crippen LogP contribution < -0.4 is 0 Å². The van der Waals surface area contributed by atoms with Gasteiger partial charge in [0.1, 0.15) is 0 Å². The van der Waals surface area contributed by atoms with Crippen molar-refractivity contribution in [1.29, 1.82) is 0 Å². The standard InChI is InChI=1S/C21H29FN2O2Si/c1-21(2,3)27(4,5)26-14-13-24(16-17-9-7-6-8-10-17)20(25)18-11-12-23-15-19(18)22/h6-12,15H,13-14,16H2,1-5H3. The molecule has 0 saturated heterocycles. The molecule has 2 aromatic rings. The third-order valence-corrected chi connectivity index (χ3v) is 9.67. The fourth-order valence-corrected chi connectivity index (χ4v) is 3.44. The van der Waals surface area contributed by atoms with E-state index in [9.17, 15) is 9.18 Å². The average Bonchev–Trinajstić information content (AvgIpc) is 2.60. The number of halogens is 1. The molecule has 0 atom stereocenters. The Morgan fingerprint density at radius 2 is 1.85 bits per heavy atom. The van der Waals surface area contributed by atoms with Gasteiger partial charge in [0.2, 0.25) is 0 Å². The molecule has 0 aliphatic carbocycles. The Labute approximate surface area is 162 Å². The molecule has 2 rings (SSSR count). The fraction of sp³-hybridized carbons (Fsp3) is 0.429. The van der Waals surface area contributed by atoms with Crippen molar-refractivity contribution in [3.63, 3.8) is 0 Å². The smallest absolute Gasteiger partial charge is 0.257 e. The van der Waals surface area contributed by atoms with Gasteiger partial charge in [-0.15, -0.1) is 0 Å². The van der Waals surface area contributed by atoms with Crippen molar-refractivity contribution in [3.8, 4) is 0 Å². The van der Waals surface area contributed by atoms with Crippen LogP contribution in [0.5, 0.6) is 0 Å². The maximum atomic E-state index is 14.1. The van der Waals surface area contributed by atoms with Crippen molar-refractivity contribution >= 4 is 14.2 Å². The topological polar surface area (TPSA) is 42.4 Å². The summed E-state index contributed by atoms with van der Waals surface area (Å²) in [5.74, 6) is -0.955. The third-order valence-electron chi connectivity index (χ3n) is 5.14. The first-order valence-electron chi connectivity index (χ1n) is 9.18. The highest BCUT2D eigenvalue weighted by Crippen LogP contribution is 2.36. The van der Waals surface area contributed by atoms with Crippen LogP contribution in [0, 0.1) is 5.82 Å². The van der Waals surface area contributed by atoms with E-state index in [0.29, 0.717) is 19.7 Å². The van der Waals surface area contributed by atoms with Crippen molar-refractivity contribution < 1.29 is 13.6 Å². The van der Waals surface area contributed by atoms with Gasteiger partial charge in [-0.25, -0.2) is 4.39 Å². The maximum absolute atomic E-state index is 14.1. The Kier molecular flexibility index (Phi) is 6.89. The van der Waals surface area contributed by atoms with Gasteiger partial charge >= 0.3 is 0 Å². The molecule has 1 aromatic heterocycles. The second-order valence-corrected chi connectivity index (χ2v) is 13.0. The second kappa shape index (κ2) is 8.76. The lowest BCUT2D eigenvalue weighted by Crippen LogP contribution is -2.43. The summed E-state index contributed by atoms with van der Waals surface area (Å²) in [5.41, 5.74) is 1.03. The van der Waals surface area contributed by atoms with E-state index in [1.165, 1.54) is 12.3 Å². The van der Waals surface area contributed by atoms with Gasteiger partial charge in [0.15, 0.2) is 14.1 Å². The fourth-order valence-electron chi connectivity index (χ4n) is 2.40. The van der Waals surface area contributed by atoms with Gasteiger partial charge in [-0.05, 0) is 29.8 Å². The van der Waals surface area contributed by atoms with Crippen molar-refractivity contribution in [2.45, 2.75) is 45.4 Å². The normalized spacial score (nSPS) is 12.1. The molecule has 0 N–H and O–H groups in total. The summed E-state index contributed by atoms with van der Waals surface area (Å²) in [6, 6.07) is 11.1. The number of carbonyl (C=O) groups is 1. The predicted molar refractivity (Wildman–Crippen MR) is 109 cm³/mol. The molecule has 1 amide bonds. The number of rotatable bonds is 7. The Balaban J connectivity index is 2.15. The molecule has 1 heterocycles. The zero-order chi connectivity index (χ0) is 20.1. The summed E-state index contributed by atoms with van der Waals surface area (Å²) in [6.07, 6.45) is 2.50. The summed E-state index contributed by atoms with van der Waals surface area (Å²) >= 11 is 0.